The fourth-order valence-electron chi connectivity index (χ4n) is 1.75. The molecule has 0 unspecified atom stereocenters. The normalized spacial score (nSPS) is 9.82. The van der Waals surface area contributed by atoms with Gasteiger partial charge in [-0.25, -0.2) is 0 Å². The third-order valence-corrected chi connectivity index (χ3v) is 3.33. The summed E-state index contributed by atoms with van der Waals surface area (Å²) in [5.41, 5.74) is 6.92. The Hall–Kier alpha value is -2.12. The van der Waals surface area contributed by atoms with E-state index in [0.29, 0.717) is 16.8 Å². The minimum Gasteiger partial charge on any atom is -0.467 e. The second-order valence-electron chi connectivity index (χ2n) is 4.50. The van der Waals surface area contributed by atoms with Crippen molar-refractivity contribution in [3.8, 4) is 0 Å². The molecule has 0 atom stereocenters. The van der Waals surface area contributed by atoms with Gasteiger partial charge in [-0.3, -0.25) is 10.9 Å². The summed E-state index contributed by atoms with van der Waals surface area (Å²) in [7, 11) is 0. The summed E-state index contributed by atoms with van der Waals surface area (Å²) in [6.45, 7) is 1.28. The van der Waals surface area contributed by atoms with Crippen LogP contribution >= 0.6 is 24.4 Å². The van der Waals surface area contributed by atoms with Gasteiger partial charge in [0.2, 0.25) is 0 Å². The van der Waals surface area contributed by atoms with Crippen LogP contribution in [0, 0.1) is 0 Å². The van der Waals surface area contributed by atoms with Gasteiger partial charge < -0.3 is 15.1 Å². The van der Waals surface area contributed by atoms with E-state index in [1.165, 1.54) is 5.56 Å². The Morgan fingerprint density at radius 2 is 1.64 bits per heavy atom. The van der Waals surface area contributed by atoms with Gasteiger partial charge in [0.05, 0.1) is 12.8 Å². The van der Waals surface area contributed by atoms with Crippen LogP contribution in [-0.2, 0) is 13.0 Å². The summed E-state index contributed by atoms with van der Waals surface area (Å²) in [5, 5.41) is 7.05. The molecule has 0 aliphatic heterocycles. The highest BCUT2D eigenvalue weighted by Gasteiger charge is 1.99. The molecule has 7 heteroatoms. The van der Waals surface area contributed by atoms with Crippen molar-refractivity contribution in [2.24, 2.45) is 0 Å². The Morgan fingerprint density at radius 1 is 0.909 bits per heavy atom. The fourth-order valence-corrected chi connectivity index (χ4v) is 2.02. The van der Waals surface area contributed by atoms with E-state index in [0.717, 1.165) is 18.7 Å². The zero-order chi connectivity index (χ0) is 15.6. The predicted octanol–water partition coefficient (Wildman–Crippen LogP) is 1.87. The van der Waals surface area contributed by atoms with Crippen LogP contribution in [0.5, 0.6) is 0 Å². The molecule has 4 N–H and O–H groups in total. The highest BCUT2D eigenvalue weighted by Crippen LogP contribution is 1.98. The summed E-state index contributed by atoms with van der Waals surface area (Å²) in [5.74, 6) is 0.813. The lowest BCUT2D eigenvalue weighted by Crippen LogP contribution is -2.50. The van der Waals surface area contributed by atoms with Gasteiger partial charge in [-0.15, -0.1) is 0 Å². The Labute approximate surface area is 140 Å². The summed E-state index contributed by atoms with van der Waals surface area (Å²) in [6, 6.07) is 13.9. The van der Waals surface area contributed by atoms with Crippen LogP contribution in [0.1, 0.15) is 11.3 Å². The third kappa shape index (κ3) is 6.11. The molecule has 5 nitrogen and oxygen atoms in total. The van der Waals surface area contributed by atoms with Crippen molar-refractivity contribution in [2.75, 3.05) is 6.54 Å². The van der Waals surface area contributed by atoms with Gasteiger partial charge in [0.15, 0.2) is 10.2 Å². The zero-order valence-corrected chi connectivity index (χ0v) is 13.6. The smallest absolute Gasteiger partial charge is 0.185 e. The van der Waals surface area contributed by atoms with E-state index in [-0.39, 0.29) is 0 Å². The van der Waals surface area contributed by atoms with Gasteiger partial charge in [-0.1, -0.05) is 30.3 Å². The lowest BCUT2D eigenvalue weighted by molar-refractivity contribution is 0.502. The SMILES string of the molecule is S=C(NCCc1ccccc1)NNC(=S)NCc1ccco1. The van der Waals surface area contributed by atoms with Crippen LogP contribution in [0.3, 0.4) is 0 Å². The topological polar surface area (TPSA) is 61.3 Å². The van der Waals surface area contributed by atoms with E-state index in [1.807, 2.05) is 30.3 Å². The summed E-state index contributed by atoms with van der Waals surface area (Å²) >= 11 is 10.3. The van der Waals surface area contributed by atoms with Crippen molar-refractivity contribution in [3.05, 3.63) is 60.1 Å². The molecule has 0 fully saturated rings. The molecule has 22 heavy (non-hydrogen) atoms. The Morgan fingerprint density at radius 3 is 2.32 bits per heavy atom. The zero-order valence-electron chi connectivity index (χ0n) is 12.0. The number of furan rings is 1. The number of nitrogens with one attached hydrogen (secondary N) is 4. The first-order valence-electron chi connectivity index (χ1n) is 6.88. The summed E-state index contributed by atoms with van der Waals surface area (Å²) < 4.78 is 5.20. The molecular formula is C15H18N4OS2. The van der Waals surface area contributed by atoms with Crippen LogP contribution < -0.4 is 21.5 Å². The second-order valence-corrected chi connectivity index (χ2v) is 5.32. The second kappa shape index (κ2) is 9.01. The third-order valence-electron chi connectivity index (χ3n) is 2.83. The molecule has 0 aliphatic carbocycles. The van der Waals surface area contributed by atoms with Crippen molar-refractivity contribution in [2.45, 2.75) is 13.0 Å². The molecule has 2 aromatic rings. The lowest BCUT2D eigenvalue weighted by atomic mass is 10.1. The number of benzene rings is 1. The van der Waals surface area contributed by atoms with Crippen LogP contribution in [0.2, 0.25) is 0 Å². The van der Waals surface area contributed by atoms with E-state index in [4.69, 9.17) is 28.9 Å². The maximum Gasteiger partial charge on any atom is 0.185 e. The molecule has 1 aromatic heterocycles. The molecule has 116 valence electrons. The number of hydrogen-bond donors (Lipinski definition) is 4. The Kier molecular flexibility index (Phi) is 6.66. The van der Waals surface area contributed by atoms with Gasteiger partial charge in [0.25, 0.3) is 0 Å². The van der Waals surface area contributed by atoms with Gasteiger partial charge >= 0.3 is 0 Å². The number of rotatable bonds is 5. The molecule has 0 bridgehead atoms. The summed E-state index contributed by atoms with van der Waals surface area (Å²) in [6.07, 6.45) is 2.53. The van der Waals surface area contributed by atoms with Crippen molar-refractivity contribution in [1.29, 1.82) is 0 Å². The monoisotopic (exact) mass is 334 g/mol. The molecule has 0 spiro atoms. The van der Waals surface area contributed by atoms with Gasteiger partial charge in [-0.05, 0) is 48.6 Å². The largest absolute Gasteiger partial charge is 0.467 e. The van der Waals surface area contributed by atoms with Crippen molar-refractivity contribution in [3.63, 3.8) is 0 Å². The number of hydrazine groups is 1. The molecular weight excluding hydrogens is 316 g/mol. The van der Waals surface area contributed by atoms with E-state index in [2.05, 4.69) is 33.6 Å². The average molecular weight is 334 g/mol. The molecule has 1 heterocycles. The molecule has 0 aliphatic rings. The molecule has 0 radical (unpaired) electrons. The standard InChI is InChI=1S/C15H18N4OS2/c21-14(16-9-8-12-5-2-1-3-6-12)18-19-15(22)17-11-13-7-4-10-20-13/h1-7,10H,8-9,11H2,(H2,16,18,21)(H2,17,19,22). The van der Waals surface area contributed by atoms with Crippen LogP contribution in [0.25, 0.3) is 0 Å². The molecule has 0 saturated heterocycles. The minimum absolute atomic E-state index is 0.448. The molecule has 0 saturated carbocycles. The molecule has 2 rings (SSSR count). The van der Waals surface area contributed by atoms with Crippen molar-refractivity contribution in [1.82, 2.24) is 21.5 Å². The first-order chi connectivity index (χ1) is 10.7. The Bertz CT molecular complexity index is 587. The Balaban J connectivity index is 1.56. The van der Waals surface area contributed by atoms with Crippen molar-refractivity contribution >= 4 is 34.7 Å². The fraction of sp³-hybridized carbons (Fsp3) is 0.200. The highest BCUT2D eigenvalue weighted by molar-refractivity contribution is 7.80. The number of thiocarbonyl (C=S) groups is 2. The molecule has 0 amide bonds. The van der Waals surface area contributed by atoms with E-state index < -0.39 is 0 Å². The van der Waals surface area contributed by atoms with E-state index in [9.17, 15) is 0 Å². The summed E-state index contributed by atoms with van der Waals surface area (Å²) in [4.78, 5) is 0. The maximum absolute atomic E-state index is 5.20. The van der Waals surface area contributed by atoms with E-state index in [1.54, 1.807) is 6.26 Å². The van der Waals surface area contributed by atoms with Crippen LogP contribution in [0.15, 0.2) is 53.1 Å². The maximum atomic E-state index is 5.20. The van der Waals surface area contributed by atoms with E-state index >= 15 is 0 Å². The quantitative estimate of drug-likeness (QED) is 0.492. The lowest BCUT2D eigenvalue weighted by Gasteiger charge is -2.13. The van der Waals surface area contributed by atoms with Crippen LogP contribution in [0.4, 0.5) is 0 Å². The molecule has 1 aromatic carbocycles. The van der Waals surface area contributed by atoms with Crippen LogP contribution in [-0.4, -0.2) is 16.8 Å². The first-order valence-corrected chi connectivity index (χ1v) is 7.69. The van der Waals surface area contributed by atoms with Gasteiger partial charge in [0.1, 0.15) is 5.76 Å². The van der Waals surface area contributed by atoms with Crippen molar-refractivity contribution < 1.29 is 4.42 Å². The predicted molar refractivity (Wildman–Crippen MR) is 95.2 cm³/mol. The van der Waals surface area contributed by atoms with Gasteiger partial charge in [0, 0.05) is 6.54 Å². The minimum atomic E-state index is 0.448. The average Bonchev–Trinajstić information content (AvgIpc) is 3.05. The highest BCUT2D eigenvalue weighted by atomic mass is 32.1. The number of hydrogen-bond acceptors (Lipinski definition) is 3. The first kappa shape index (κ1) is 16.3. The van der Waals surface area contributed by atoms with Gasteiger partial charge in [-0.2, -0.15) is 0 Å².